The van der Waals surface area contributed by atoms with Gasteiger partial charge in [-0.05, 0) is 12.8 Å². The largest absolute Gasteiger partial charge is 0.476 e. The van der Waals surface area contributed by atoms with Gasteiger partial charge in [0.05, 0.1) is 5.69 Å². The summed E-state index contributed by atoms with van der Waals surface area (Å²) in [5.74, 6) is -0.554. The van der Waals surface area contributed by atoms with Crippen LogP contribution in [0.1, 0.15) is 34.3 Å². The molecule has 1 saturated heterocycles. The van der Waals surface area contributed by atoms with Gasteiger partial charge < -0.3 is 9.84 Å². The number of carboxylic acids is 1. The summed E-state index contributed by atoms with van der Waals surface area (Å²) < 4.78 is 5.23. The van der Waals surface area contributed by atoms with Gasteiger partial charge >= 0.3 is 5.97 Å². The highest BCUT2D eigenvalue weighted by Crippen LogP contribution is 2.27. The van der Waals surface area contributed by atoms with Crippen LogP contribution < -0.4 is 0 Å². The van der Waals surface area contributed by atoms with Crippen molar-refractivity contribution in [1.82, 2.24) is 4.98 Å². The highest BCUT2D eigenvalue weighted by molar-refractivity contribution is 7.11. The van der Waals surface area contributed by atoms with E-state index in [0.29, 0.717) is 5.92 Å². The number of thiazole rings is 1. The summed E-state index contributed by atoms with van der Waals surface area (Å²) >= 11 is 1.20. The van der Waals surface area contributed by atoms with Crippen LogP contribution in [0.15, 0.2) is 5.38 Å². The second-order valence-corrected chi connectivity index (χ2v) is 4.13. The molecule has 1 aliphatic rings. The van der Waals surface area contributed by atoms with Crippen LogP contribution in [-0.4, -0.2) is 29.3 Å². The molecule has 0 aliphatic carbocycles. The summed E-state index contributed by atoms with van der Waals surface area (Å²) in [6.45, 7) is 1.51. The van der Waals surface area contributed by atoms with E-state index in [1.165, 1.54) is 11.3 Å². The zero-order valence-corrected chi connectivity index (χ0v) is 8.42. The first kappa shape index (κ1) is 9.61. The Labute approximate surface area is 85.5 Å². The molecule has 0 amide bonds. The molecule has 2 heterocycles. The Morgan fingerprint density at radius 1 is 1.57 bits per heavy atom. The molecular formula is C9H11NO3S. The first-order valence-corrected chi connectivity index (χ1v) is 5.42. The van der Waals surface area contributed by atoms with Crippen LogP contribution in [0.5, 0.6) is 0 Å². The van der Waals surface area contributed by atoms with Crippen molar-refractivity contribution in [3.63, 3.8) is 0 Å². The summed E-state index contributed by atoms with van der Waals surface area (Å²) in [6, 6.07) is 0. The summed E-state index contributed by atoms with van der Waals surface area (Å²) in [7, 11) is 0. The van der Waals surface area contributed by atoms with Crippen molar-refractivity contribution in [2.75, 3.05) is 13.2 Å². The molecule has 14 heavy (non-hydrogen) atoms. The van der Waals surface area contributed by atoms with Crippen molar-refractivity contribution in [1.29, 1.82) is 0 Å². The lowest BCUT2D eigenvalue weighted by molar-refractivity contribution is 0.0695. The molecule has 1 aliphatic heterocycles. The normalized spacial score (nSPS) is 18.3. The predicted octanol–water partition coefficient (Wildman–Crippen LogP) is 1.74. The van der Waals surface area contributed by atoms with Crippen LogP contribution in [0, 0.1) is 0 Å². The number of aromatic carboxylic acids is 1. The molecule has 1 N–H and O–H groups in total. The van der Waals surface area contributed by atoms with Crippen LogP contribution in [0.2, 0.25) is 0 Å². The maximum atomic E-state index is 10.6. The fourth-order valence-corrected chi connectivity index (χ4v) is 2.30. The Morgan fingerprint density at radius 2 is 2.29 bits per heavy atom. The first-order valence-electron chi connectivity index (χ1n) is 4.54. The molecule has 0 saturated carbocycles. The molecule has 1 fully saturated rings. The van der Waals surface area contributed by atoms with E-state index in [1.807, 2.05) is 5.38 Å². The highest BCUT2D eigenvalue weighted by atomic mass is 32.1. The summed E-state index contributed by atoms with van der Waals surface area (Å²) in [6.07, 6.45) is 1.89. The predicted molar refractivity (Wildman–Crippen MR) is 51.9 cm³/mol. The Morgan fingerprint density at radius 3 is 2.86 bits per heavy atom. The fourth-order valence-electron chi connectivity index (χ4n) is 1.57. The monoisotopic (exact) mass is 213 g/mol. The number of hydrogen-bond acceptors (Lipinski definition) is 4. The van der Waals surface area contributed by atoms with Crippen molar-refractivity contribution in [3.8, 4) is 0 Å². The van der Waals surface area contributed by atoms with Crippen LogP contribution >= 0.6 is 11.3 Å². The lowest BCUT2D eigenvalue weighted by Crippen LogP contribution is -2.14. The molecule has 0 aromatic carbocycles. The van der Waals surface area contributed by atoms with Gasteiger partial charge in [-0.15, -0.1) is 11.3 Å². The minimum absolute atomic E-state index is 0.187. The number of nitrogens with zero attached hydrogens (tertiary/aromatic N) is 1. The number of aromatic nitrogens is 1. The Hall–Kier alpha value is -0.940. The smallest absolute Gasteiger partial charge is 0.365 e. The van der Waals surface area contributed by atoms with Gasteiger partial charge in [-0.2, -0.15) is 0 Å². The van der Waals surface area contributed by atoms with E-state index in [0.717, 1.165) is 31.7 Å². The van der Waals surface area contributed by atoms with Gasteiger partial charge in [0.25, 0.3) is 0 Å². The third-order valence-corrected chi connectivity index (χ3v) is 3.19. The summed E-state index contributed by atoms with van der Waals surface area (Å²) in [4.78, 5) is 14.7. The Bertz CT molecular complexity index is 331. The SMILES string of the molecule is O=C(O)c1nc(C2CCOCC2)cs1. The fraction of sp³-hybridized carbons (Fsp3) is 0.556. The van der Waals surface area contributed by atoms with E-state index in [-0.39, 0.29) is 5.01 Å². The van der Waals surface area contributed by atoms with Crippen LogP contribution in [0.4, 0.5) is 0 Å². The van der Waals surface area contributed by atoms with Gasteiger partial charge in [-0.3, -0.25) is 0 Å². The van der Waals surface area contributed by atoms with Gasteiger partial charge in [-0.25, -0.2) is 9.78 Å². The average molecular weight is 213 g/mol. The van der Waals surface area contributed by atoms with E-state index in [4.69, 9.17) is 9.84 Å². The molecule has 0 spiro atoms. The first-order chi connectivity index (χ1) is 6.77. The maximum Gasteiger partial charge on any atom is 0.365 e. The zero-order chi connectivity index (χ0) is 9.97. The summed E-state index contributed by atoms with van der Waals surface area (Å²) in [5.41, 5.74) is 0.913. The standard InChI is InChI=1S/C9H11NO3S/c11-9(12)8-10-7(5-14-8)6-1-3-13-4-2-6/h5-6H,1-4H2,(H,11,12). The topological polar surface area (TPSA) is 59.4 Å². The molecule has 2 rings (SSSR count). The number of rotatable bonds is 2. The minimum atomic E-state index is -0.937. The van der Waals surface area contributed by atoms with Gasteiger partial charge in [0.1, 0.15) is 0 Å². The number of carbonyl (C=O) groups is 1. The molecule has 5 heteroatoms. The maximum absolute atomic E-state index is 10.6. The van der Waals surface area contributed by atoms with Gasteiger partial charge in [-0.1, -0.05) is 0 Å². The third kappa shape index (κ3) is 1.93. The van der Waals surface area contributed by atoms with E-state index < -0.39 is 5.97 Å². The molecule has 0 unspecified atom stereocenters. The molecule has 0 bridgehead atoms. The quantitative estimate of drug-likeness (QED) is 0.812. The molecule has 1 aromatic heterocycles. The van der Waals surface area contributed by atoms with Crippen molar-refractivity contribution < 1.29 is 14.6 Å². The number of carboxylic acid groups (broad SMARTS) is 1. The average Bonchev–Trinajstić information content (AvgIpc) is 2.68. The van der Waals surface area contributed by atoms with Crippen molar-refractivity contribution >= 4 is 17.3 Å². The second kappa shape index (κ2) is 4.06. The lowest BCUT2D eigenvalue weighted by atomic mass is 9.98. The van der Waals surface area contributed by atoms with Gasteiger partial charge in [0.15, 0.2) is 0 Å². The van der Waals surface area contributed by atoms with E-state index in [9.17, 15) is 4.79 Å². The van der Waals surface area contributed by atoms with Crippen molar-refractivity contribution in [2.45, 2.75) is 18.8 Å². The van der Waals surface area contributed by atoms with Crippen LogP contribution in [0.25, 0.3) is 0 Å². The Kier molecular flexibility index (Phi) is 2.79. The van der Waals surface area contributed by atoms with Crippen LogP contribution in [-0.2, 0) is 4.74 Å². The lowest BCUT2D eigenvalue weighted by Gasteiger charge is -2.19. The van der Waals surface area contributed by atoms with E-state index in [2.05, 4.69) is 4.98 Å². The molecular weight excluding hydrogens is 202 g/mol. The van der Waals surface area contributed by atoms with E-state index >= 15 is 0 Å². The van der Waals surface area contributed by atoms with Crippen molar-refractivity contribution in [3.05, 3.63) is 16.1 Å². The summed E-state index contributed by atoms with van der Waals surface area (Å²) in [5, 5.41) is 10.8. The van der Waals surface area contributed by atoms with E-state index in [1.54, 1.807) is 0 Å². The Balaban J connectivity index is 2.11. The zero-order valence-electron chi connectivity index (χ0n) is 7.60. The number of hydrogen-bond donors (Lipinski definition) is 1. The molecule has 1 aromatic rings. The molecule has 76 valence electrons. The second-order valence-electron chi connectivity index (χ2n) is 3.27. The molecule has 0 atom stereocenters. The third-order valence-electron chi connectivity index (χ3n) is 2.34. The number of ether oxygens (including phenoxy) is 1. The van der Waals surface area contributed by atoms with Crippen LogP contribution in [0.3, 0.4) is 0 Å². The highest BCUT2D eigenvalue weighted by Gasteiger charge is 2.19. The van der Waals surface area contributed by atoms with Crippen molar-refractivity contribution in [2.24, 2.45) is 0 Å². The molecule has 0 radical (unpaired) electrons. The van der Waals surface area contributed by atoms with Gasteiger partial charge in [0, 0.05) is 24.5 Å². The molecule has 4 nitrogen and oxygen atoms in total. The minimum Gasteiger partial charge on any atom is -0.476 e. The van der Waals surface area contributed by atoms with Gasteiger partial charge in [0.2, 0.25) is 5.01 Å².